The van der Waals surface area contributed by atoms with Gasteiger partial charge in [-0.15, -0.1) is 0 Å². The summed E-state index contributed by atoms with van der Waals surface area (Å²) in [4.78, 5) is 27.4. The van der Waals surface area contributed by atoms with E-state index in [1.807, 2.05) is 31.2 Å². The summed E-state index contributed by atoms with van der Waals surface area (Å²) in [5, 5.41) is 0. The number of carbonyl (C=O) groups is 2. The van der Waals surface area contributed by atoms with Crippen LogP contribution < -0.4 is 5.73 Å². The minimum Gasteiger partial charge on any atom is -0.333 e. The molecule has 5 nitrogen and oxygen atoms in total. The van der Waals surface area contributed by atoms with E-state index >= 15 is 0 Å². The van der Waals surface area contributed by atoms with Crippen molar-refractivity contribution in [2.24, 2.45) is 5.73 Å². The molecule has 1 atom stereocenters. The highest BCUT2D eigenvalue weighted by Gasteiger charge is 2.36. The number of nitrogens with zero attached hydrogens (tertiary/aromatic N) is 2. The Kier molecular flexibility index (Phi) is 4.77. The third kappa shape index (κ3) is 2.71. The van der Waals surface area contributed by atoms with E-state index in [-0.39, 0.29) is 12.6 Å². The molecule has 0 spiro atoms. The van der Waals surface area contributed by atoms with Gasteiger partial charge in [0.1, 0.15) is 0 Å². The van der Waals surface area contributed by atoms with E-state index in [1.54, 1.807) is 9.80 Å². The first-order valence-corrected chi connectivity index (χ1v) is 7.43. The number of hydrogen-bond acceptors (Lipinski definition) is 3. The third-order valence-corrected chi connectivity index (χ3v) is 4.31. The lowest BCUT2D eigenvalue weighted by atomic mass is 10.0. The van der Waals surface area contributed by atoms with Crippen molar-refractivity contribution in [1.29, 1.82) is 0 Å². The zero-order valence-electron chi connectivity index (χ0n) is 11.4. The molecule has 20 heavy (non-hydrogen) atoms. The van der Waals surface area contributed by atoms with E-state index in [1.165, 1.54) is 0 Å². The maximum absolute atomic E-state index is 12.2. The summed E-state index contributed by atoms with van der Waals surface area (Å²) in [6, 6.07) is 7.36. The van der Waals surface area contributed by atoms with Gasteiger partial charge in [-0.25, -0.2) is 0 Å². The summed E-state index contributed by atoms with van der Waals surface area (Å²) >= 11 is 3.48. The molecule has 2 amide bonds. The molecule has 1 heterocycles. The van der Waals surface area contributed by atoms with E-state index in [0.717, 1.165) is 10.0 Å². The van der Waals surface area contributed by atoms with E-state index in [0.29, 0.717) is 19.6 Å². The monoisotopic (exact) mass is 339 g/mol. The molecule has 108 valence electrons. The number of carbonyl (C=O) groups excluding carboxylic acids is 2. The van der Waals surface area contributed by atoms with E-state index in [2.05, 4.69) is 15.9 Å². The van der Waals surface area contributed by atoms with Crippen LogP contribution in [0.25, 0.3) is 0 Å². The Bertz CT molecular complexity index is 521. The zero-order chi connectivity index (χ0) is 14.7. The highest BCUT2D eigenvalue weighted by Crippen LogP contribution is 2.28. The molecule has 0 bridgehead atoms. The van der Waals surface area contributed by atoms with Gasteiger partial charge in [-0.1, -0.05) is 34.1 Å². The summed E-state index contributed by atoms with van der Waals surface area (Å²) in [7, 11) is 0. The molecule has 2 rings (SSSR count). The van der Waals surface area contributed by atoms with Crippen LogP contribution in [0.3, 0.4) is 0 Å². The average molecular weight is 340 g/mol. The van der Waals surface area contributed by atoms with Crippen LogP contribution in [0.2, 0.25) is 0 Å². The fourth-order valence-corrected chi connectivity index (χ4v) is 3.01. The molecular formula is C14H18BrN3O2. The van der Waals surface area contributed by atoms with Crippen molar-refractivity contribution in [3.63, 3.8) is 0 Å². The Morgan fingerprint density at radius 3 is 2.55 bits per heavy atom. The summed E-state index contributed by atoms with van der Waals surface area (Å²) in [5.41, 5.74) is 6.77. The van der Waals surface area contributed by atoms with Crippen LogP contribution in [0.1, 0.15) is 18.5 Å². The second-order valence-corrected chi connectivity index (χ2v) is 5.51. The molecular weight excluding hydrogens is 322 g/mol. The first-order valence-electron chi connectivity index (χ1n) is 6.64. The minimum absolute atomic E-state index is 0.277. The number of piperazine rings is 1. The number of rotatable bonds is 4. The van der Waals surface area contributed by atoms with Crippen LogP contribution in [-0.2, 0) is 9.59 Å². The molecule has 1 aliphatic heterocycles. The molecule has 1 saturated heterocycles. The summed E-state index contributed by atoms with van der Waals surface area (Å²) < 4.78 is 0.897. The molecule has 1 aliphatic rings. The number of nitrogens with two attached hydrogens (primary N) is 1. The topological polar surface area (TPSA) is 66.6 Å². The predicted molar refractivity (Wildman–Crippen MR) is 79.9 cm³/mol. The normalized spacial score (nSPS) is 17.6. The standard InChI is InChI=1S/C14H18BrN3O2/c1-2-17-7-8-18(14(20)13(17)19)12(9-16)10-5-3-4-6-11(10)15/h3-6,12H,2,7-9,16H2,1H3. The van der Waals surface area contributed by atoms with Gasteiger partial charge in [-0.3, -0.25) is 9.59 Å². The van der Waals surface area contributed by atoms with Crippen molar-refractivity contribution in [2.75, 3.05) is 26.2 Å². The number of benzene rings is 1. The van der Waals surface area contributed by atoms with Crippen molar-refractivity contribution in [2.45, 2.75) is 13.0 Å². The lowest BCUT2D eigenvalue weighted by molar-refractivity contribution is -0.157. The quantitative estimate of drug-likeness (QED) is 0.836. The van der Waals surface area contributed by atoms with Gasteiger partial charge in [0.25, 0.3) is 0 Å². The second kappa shape index (κ2) is 6.37. The third-order valence-electron chi connectivity index (χ3n) is 3.59. The first kappa shape index (κ1) is 15.0. The summed E-state index contributed by atoms with van der Waals surface area (Å²) in [6.45, 7) is 3.78. The van der Waals surface area contributed by atoms with Gasteiger partial charge in [0.2, 0.25) is 0 Å². The molecule has 1 unspecified atom stereocenters. The summed E-state index contributed by atoms with van der Waals surface area (Å²) in [5.74, 6) is -0.909. The van der Waals surface area contributed by atoms with Gasteiger partial charge >= 0.3 is 11.8 Å². The smallest absolute Gasteiger partial charge is 0.312 e. The van der Waals surface area contributed by atoms with Gasteiger partial charge in [0.15, 0.2) is 0 Å². The Hall–Kier alpha value is -1.40. The van der Waals surface area contributed by atoms with Gasteiger partial charge in [-0.2, -0.15) is 0 Å². The van der Waals surface area contributed by atoms with E-state index in [9.17, 15) is 9.59 Å². The molecule has 1 aromatic rings. The fourth-order valence-electron chi connectivity index (χ4n) is 2.46. The molecule has 0 aromatic heterocycles. The SMILES string of the molecule is CCN1CCN(C(CN)c2ccccc2Br)C(=O)C1=O. The Balaban J connectivity index is 2.27. The van der Waals surface area contributed by atoms with Gasteiger partial charge in [0.05, 0.1) is 6.04 Å². The van der Waals surface area contributed by atoms with Crippen LogP contribution in [0, 0.1) is 0 Å². The maximum Gasteiger partial charge on any atom is 0.312 e. The van der Waals surface area contributed by atoms with Crippen molar-refractivity contribution < 1.29 is 9.59 Å². The zero-order valence-corrected chi connectivity index (χ0v) is 13.0. The summed E-state index contributed by atoms with van der Waals surface area (Å²) in [6.07, 6.45) is 0. The van der Waals surface area contributed by atoms with Crippen LogP contribution >= 0.6 is 15.9 Å². The van der Waals surface area contributed by atoms with Gasteiger partial charge < -0.3 is 15.5 Å². The van der Waals surface area contributed by atoms with Crippen molar-refractivity contribution in [1.82, 2.24) is 9.80 Å². The largest absolute Gasteiger partial charge is 0.333 e. The van der Waals surface area contributed by atoms with Gasteiger partial charge in [-0.05, 0) is 18.6 Å². The number of likely N-dealkylation sites (N-methyl/N-ethyl adjacent to an activating group) is 1. The lowest BCUT2D eigenvalue weighted by Gasteiger charge is -2.38. The molecule has 6 heteroatoms. The van der Waals surface area contributed by atoms with E-state index in [4.69, 9.17) is 5.73 Å². The lowest BCUT2D eigenvalue weighted by Crippen LogP contribution is -2.56. The van der Waals surface area contributed by atoms with Crippen molar-refractivity contribution in [3.05, 3.63) is 34.3 Å². The van der Waals surface area contributed by atoms with Crippen LogP contribution in [-0.4, -0.2) is 47.8 Å². The van der Waals surface area contributed by atoms with E-state index < -0.39 is 11.8 Å². The Labute approximate surface area is 126 Å². The van der Waals surface area contributed by atoms with Crippen molar-refractivity contribution >= 4 is 27.7 Å². The highest BCUT2D eigenvalue weighted by molar-refractivity contribution is 9.10. The number of halogens is 1. The van der Waals surface area contributed by atoms with Crippen LogP contribution in [0.5, 0.6) is 0 Å². The Morgan fingerprint density at radius 1 is 1.25 bits per heavy atom. The molecule has 0 aliphatic carbocycles. The molecule has 0 saturated carbocycles. The first-order chi connectivity index (χ1) is 9.60. The molecule has 1 aromatic carbocycles. The van der Waals surface area contributed by atoms with Crippen LogP contribution in [0.4, 0.5) is 0 Å². The fraction of sp³-hybridized carbons (Fsp3) is 0.429. The maximum atomic E-state index is 12.2. The average Bonchev–Trinajstić information content (AvgIpc) is 2.46. The highest BCUT2D eigenvalue weighted by atomic mass is 79.9. The molecule has 2 N–H and O–H groups in total. The van der Waals surface area contributed by atoms with Gasteiger partial charge in [0, 0.05) is 30.7 Å². The second-order valence-electron chi connectivity index (χ2n) is 4.66. The minimum atomic E-state index is -0.468. The molecule has 1 fully saturated rings. The number of hydrogen-bond donors (Lipinski definition) is 1. The van der Waals surface area contributed by atoms with Crippen LogP contribution in [0.15, 0.2) is 28.7 Å². The van der Waals surface area contributed by atoms with Crippen molar-refractivity contribution in [3.8, 4) is 0 Å². The Morgan fingerprint density at radius 2 is 1.95 bits per heavy atom. The number of amides is 2. The molecule has 0 radical (unpaired) electrons. The predicted octanol–water partition coefficient (Wildman–Crippen LogP) is 1.14.